The fourth-order valence-corrected chi connectivity index (χ4v) is 2.40. The van der Waals surface area contributed by atoms with E-state index in [0.717, 1.165) is 0 Å². The molecular weight excluding hydrogens is 304 g/mol. The summed E-state index contributed by atoms with van der Waals surface area (Å²) >= 11 is 0. The minimum Gasteiger partial charge on any atom is -0.496 e. The van der Waals surface area contributed by atoms with E-state index < -0.39 is 0 Å². The normalized spacial score (nSPS) is 11.6. The van der Waals surface area contributed by atoms with Crippen LogP contribution in [0.2, 0.25) is 0 Å². The number of benzene rings is 1. The highest BCUT2D eigenvalue weighted by molar-refractivity contribution is 5.94. The van der Waals surface area contributed by atoms with Crippen molar-refractivity contribution in [3.05, 3.63) is 59.2 Å². The number of methoxy groups -OCH3 is 1. The zero-order chi connectivity index (χ0) is 17.7. The Balaban J connectivity index is 2.41. The summed E-state index contributed by atoms with van der Waals surface area (Å²) < 4.78 is 6.84. The molecule has 24 heavy (non-hydrogen) atoms. The number of carbonyl (C=O) groups excluding carboxylic acids is 2. The summed E-state index contributed by atoms with van der Waals surface area (Å²) in [4.78, 5) is 28.8. The van der Waals surface area contributed by atoms with Gasteiger partial charge in [0, 0.05) is 23.4 Å². The van der Waals surface area contributed by atoms with Gasteiger partial charge < -0.3 is 4.74 Å². The summed E-state index contributed by atoms with van der Waals surface area (Å²) in [5.41, 5.74) is 1.85. The molecule has 0 unspecified atom stereocenters. The maximum atomic E-state index is 12.7. The third kappa shape index (κ3) is 4.19. The molecule has 2 rings (SSSR count). The molecule has 1 heterocycles. The molecule has 0 bridgehead atoms. The lowest BCUT2D eigenvalue weighted by molar-refractivity contribution is 0.0906. The van der Waals surface area contributed by atoms with Crippen LogP contribution in [0.15, 0.2) is 47.6 Å². The Morgan fingerprint density at radius 1 is 1.21 bits per heavy atom. The Bertz CT molecular complexity index is 819. The third-order valence-electron chi connectivity index (χ3n) is 3.53. The Morgan fingerprint density at radius 2 is 1.96 bits per heavy atom. The summed E-state index contributed by atoms with van der Waals surface area (Å²) in [5.74, 6) is 0.412. The Labute approximate surface area is 141 Å². The second-order valence-corrected chi connectivity index (χ2v) is 5.81. The molecule has 0 saturated carbocycles. The summed E-state index contributed by atoms with van der Waals surface area (Å²) in [6.07, 6.45) is 1.82. The van der Waals surface area contributed by atoms with Gasteiger partial charge in [-0.15, -0.1) is 0 Å². The van der Waals surface area contributed by atoms with E-state index in [2.05, 4.69) is 4.99 Å². The van der Waals surface area contributed by atoms with Crippen LogP contribution in [0.5, 0.6) is 5.75 Å². The maximum Gasteiger partial charge on any atom is 0.236 e. The fraction of sp³-hybridized carbons (Fsp3) is 0.316. The Hall–Kier alpha value is -2.69. The molecule has 0 radical (unpaired) electrons. The molecule has 5 nitrogen and oxygen atoms in total. The number of hydrogen-bond donors (Lipinski definition) is 0. The molecule has 0 atom stereocenters. The summed E-state index contributed by atoms with van der Waals surface area (Å²) in [7, 11) is 1.55. The zero-order valence-electron chi connectivity index (χ0n) is 14.4. The van der Waals surface area contributed by atoms with Gasteiger partial charge >= 0.3 is 0 Å². The summed E-state index contributed by atoms with van der Waals surface area (Å²) in [5, 5.41) is 0. The van der Waals surface area contributed by atoms with Crippen molar-refractivity contribution in [3.8, 4) is 5.75 Å². The van der Waals surface area contributed by atoms with E-state index in [-0.39, 0.29) is 24.2 Å². The zero-order valence-corrected chi connectivity index (χ0v) is 14.4. The van der Waals surface area contributed by atoms with Gasteiger partial charge in [0.1, 0.15) is 11.2 Å². The summed E-state index contributed by atoms with van der Waals surface area (Å²) in [6, 6.07) is 10.7. The van der Waals surface area contributed by atoms with E-state index >= 15 is 0 Å². The average molecular weight is 326 g/mol. The molecule has 5 heteroatoms. The van der Waals surface area contributed by atoms with Crippen molar-refractivity contribution in [2.24, 2.45) is 4.99 Å². The van der Waals surface area contributed by atoms with Gasteiger partial charge in [0.15, 0.2) is 5.78 Å². The lowest BCUT2D eigenvalue weighted by atomic mass is 10.0. The minimum absolute atomic E-state index is 0.0470. The van der Waals surface area contributed by atoms with Crippen molar-refractivity contribution in [3.63, 3.8) is 0 Å². The molecular formula is C19H22N2O3. The van der Waals surface area contributed by atoms with Gasteiger partial charge in [0.2, 0.25) is 5.91 Å². The number of nitrogens with zero attached hydrogens (tertiary/aromatic N) is 2. The fourth-order valence-electron chi connectivity index (χ4n) is 2.40. The number of Topliss-reactive ketones (excluding diaryl/α,β-unsaturated/α-hetero) is 1. The molecule has 2 aromatic rings. The van der Waals surface area contributed by atoms with Crippen LogP contribution in [0, 0.1) is 0 Å². The predicted molar refractivity (Wildman–Crippen MR) is 92.5 cm³/mol. The van der Waals surface area contributed by atoms with Gasteiger partial charge in [-0.2, -0.15) is 0 Å². The monoisotopic (exact) mass is 326 g/mol. The van der Waals surface area contributed by atoms with Crippen molar-refractivity contribution in [2.75, 3.05) is 7.11 Å². The molecule has 0 N–H and O–H groups in total. The van der Waals surface area contributed by atoms with E-state index in [0.29, 0.717) is 22.4 Å². The molecule has 0 spiro atoms. The van der Waals surface area contributed by atoms with Crippen molar-refractivity contribution in [1.29, 1.82) is 0 Å². The van der Waals surface area contributed by atoms with E-state index in [1.54, 1.807) is 43.6 Å². The quantitative estimate of drug-likeness (QED) is 0.794. The third-order valence-corrected chi connectivity index (χ3v) is 3.53. The Morgan fingerprint density at radius 3 is 2.58 bits per heavy atom. The number of aromatic nitrogens is 1. The first kappa shape index (κ1) is 17.7. The van der Waals surface area contributed by atoms with Crippen molar-refractivity contribution < 1.29 is 14.3 Å². The Kier molecular flexibility index (Phi) is 5.68. The van der Waals surface area contributed by atoms with Crippen molar-refractivity contribution in [2.45, 2.75) is 33.2 Å². The number of rotatable bonds is 5. The SMILES string of the molecule is COc1ccc(C(C)=O)cc1CC(=O)n1ccccc1=NC(C)C. The van der Waals surface area contributed by atoms with Crippen LogP contribution in [-0.2, 0) is 6.42 Å². The number of carbonyl (C=O) groups is 2. The molecule has 0 aliphatic heterocycles. The van der Waals surface area contributed by atoms with E-state index in [1.807, 2.05) is 19.9 Å². The molecule has 0 saturated heterocycles. The number of ether oxygens (including phenoxy) is 1. The second-order valence-electron chi connectivity index (χ2n) is 5.81. The summed E-state index contributed by atoms with van der Waals surface area (Å²) in [6.45, 7) is 5.42. The molecule has 0 aliphatic carbocycles. The molecule has 0 amide bonds. The molecule has 126 valence electrons. The van der Waals surface area contributed by atoms with E-state index in [9.17, 15) is 9.59 Å². The van der Waals surface area contributed by atoms with E-state index in [4.69, 9.17) is 4.74 Å². The van der Waals surface area contributed by atoms with Crippen LogP contribution in [-0.4, -0.2) is 29.4 Å². The van der Waals surface area contributed by atoms with Crippen LogP contribution in [0.25, 0.3) is 0 Å². The topological polar surface area (TPSA) is 60.7 Å². The highest BCUT2D eigenvalue weighted by Gasteiger charge is 2.13. The van der Waals surface area contributed by atoms with Crippen molar-refractivity contribution >= 4 is 11.7 Å². The lowest BCUT2D eigenvalue weighted by Gasteiger charge is -2.11. The maximum absolute atomic E-state index is 12.7. The molecule has 0 aliphatic rings. The smallest absolute Gasteiger partial charge is 0.236 e. The van der Waals surface area contributed by atoms with Crippen LogP contribution in [0.3, 0.4) is 0 Å². The predicted octanol–water partition coefficient (Wildman–Crippen LogP) is 2.89. The standard InChI is InChI=1S/C19H22N2O3/c1-13(2)20-18-7-5-6-10-21(18)19(23)12-16-11-15(14(3)22)8-9-17(16)24-4/h5-11,13H,12H2,1-4H3. The van der Waals surface area contributed by atoms with Crippen molar-refractivity contribution in [1.82, 2.24) is 4.57 Å². The van der Waals surface area contributed by atoms with Gasteiger partial charge in [-0.25, -0.2) is 0 Å². The lowest BCUT2D eigenvalue weighted by Crippen LogP contribution is -2.28. The van der Waals surface area contributed by atoms with Gasteiger partial charge in [-0.3, -0.25) is 19.1 Å². The number of pyridine rings is 1. The molecule has 0 fully saturated rings. The number of ketones is 1. The first-order valence-electron chi connectivity index (χ1n) is 7.85. The first-order chi connectivity index (χ1) is 11.4. The number of hydrogen-bond acceptors (Lipinski definition) is 4. The largest absolute Gasteiger partial charge is 0.496 e. The van der Waals surface area contributed by atoms with Gasteiger partial charge in [0.25, 0.3) is 0 Å². The molecule has 1 aromatic carbocycles. The minimum atomic E-state index is -0.131. The van der Waals surface area contributed by atoms with Crippen LogP contribution in [0.4, 0.5) is 0 Å². The van der Waals surface area contributed by atoms with Gasteiger partial charge in [-0.1, -0.05) is 6.07 Å². The van der Waals surface area contributed by atoms with Gasteiger partial charge in [-0.05, 0) is 51.1 Å². The van der Waals surface area contributed by atoms with Crippen LogP contribution in [0.1, 0.15) is 41.5 Å². The first-order valence-corrected chi connectivity index (χ1v) is 7.85. The van der Waals surface area contributed by atoms with Gasteiger partial charge in [0.05, 0.1) is 13.5 Å². The van der Waals surface area contributed by atoms with Crippen LogP contribution < -0.4 is 10.2 Å². The second kappa shape index (κ2) is 7.73. The highest BCUT2D eigenvalue weighted by Crippen LogP contribution is 2.21. The average Bonchev–Trinajstić information content (AvgIpc) is 2.54. The van der Waals surface area contributed by atoms with Crippen LogP contribution >= 0.6 is 0 Å². The molecule has 1 aromatic heterocycles. The van der Waals surface area contributed by atoms with E-state index in [1.165, 1.54) is 11.5 Å². The highest BCUT2D eigenvalue weighted by atomic mass is 16.5.